The fourth-order valence-electron chi connectivity index (χ4n) is 0.987. The predicted molar refractivity (Wildman–Crippen MR) is 34.8 cm³/mol. The summed E-state index contributed by atoms with van der Waals surface area (Å²) in [4.78, 5) is 0. The molecular formula is C6H12O5. The molecule has 4 atom stereocenters. The highest BCUT2D eigenvalue weighted by Gasteiger charge is 2.37. The molecule has 0 aliphatic carbocycles. The highest BCUT2D eigenvalue weighted by atomic mass is 16.7. The van der Waals surface area contributed by atoms with Gasteiger partial charge in [-0.3, -0.25) is 0 Å². The zero-order chi connectivity index (χ0) is 8.43. The van der Waals surface area contributed by atoms with Gasteiger partial charge in [-0.1, -0.05) is 0 Å². The largest absolute Gasteiger partial charge is 0.388 e. The van der Waals surface area contributed by atoms with Crippen LogP contribution in [0.15, 0.2) is 0 Å². The number of rotatable bonds is 1. The van der Waals surface area contributed by atoms with Gasteiger partial charge in [0.05, 0.1) is 6.61 Å². The van der Waals surface area contributed by atoms with Crippen LogP contribution in [0, 0.1) is 0 Å². The molecule has 66 valence electrons. The van der Waals surface area contributed by atoms with Crippen molar-refractivity contribution >= 4 is 0 Å². The van der Waals surface area contributed by atoms with Crippen LogP contribution in [0.2, 0.25) is 0 Å². The van der Waals surface area contributed by atoms with Gasteiger partial charge in [-0.05, 0) is 0 Å². The minimum atomic E-state index is -1.19. The summed E-state index contributed by atoms with van der Waals surface area (Å²) in [5.74, 6) is 0. The summed E-state index contributed by atoms with van der Waals surface area (Å²) in [5.41, 5.74) is 0. The number of hydrogen-bond acceptors (Lipinski definition) is 5. The molecule has 0 bridgehead atoms. The monoisotopic (exact) mass is 164 g/mol. The van der Waals surface area contributed by atoms with Crippen molar-refractivity contribution in [3.63, 3.8) is 0 Å². The third-order valence-corrected chi connectivity index (χ3v) is 1.69. The molecule has 1 saturated heterocycles. The molecule has 5 nitrogen and oxygen atoms in total. The normalized spacial score (nSPS) is 45.8. The summed E-state index contributed by atoms with van der Waals surface area (Å²) in [6.45, 7) is -0.0171. The van der Waals surface area contributed by atoms with Crippen LogP contribution in [0.1, 0.15) is 0 Å². The first-order valence-electron chi connectivity index (χ1n) is 3.35. The molecule has 0 amide bonds. The van der Waals surface area contributed by atoms with Gasteiger partial charge in [0, 0.05) is 7.11 Å². The van der Waals surface area contributed by atoms with Crippen molar-refractivity contribution in [3.8, 4) is 0 Å². The van der Waals surface area contributed by atoms with E-state index in [1.54, 1.807) is 0 Å². The Morgan fingerprint density at radius 2 is 1.91 bits per heavy atom. The van der Waals surface area contributed by atoms with Crippen LogP contribution in [0.3, 0.4) is 0 Å². The molecule has 11 heavy (non-hydrogen) atoms. The van der Waals surface area contributed by atoms with Crippen LogP contribution >= 0.6 is 0 Å². The topological polar surface area (TPSA) is 79.2 Å². The quantitative estimate of drug-likeness (QED) is 0.420. The highest BCUT2D eigenvalue weighted by Crippen LogP contribution is 2.15. The van der Waals surface area contributed by atoms with Crippen LogP contribution in [0.5, 0.6) is 0 Å². The third-order valence-electron chi connectivity index (χ3n) is 1.69. The van der Waals surface area contributed by atoms with Crippen molar-refractivity contribution in [2.45, 2.75) is 24.6 Å². The molecule has 5 heteroatoms. The second-order valence-corrected chi connectivity index (χ2v) is 2.49. The smallest absolute Gasteiger partial charge is 0.185 e. The molecule has 0 radical (unpaired) electrons. The molecule has 3 N–H and O–H groups in total. The molecule has 0 aromatic carbocycles. The van der Waals surface area contributed by atoms with E-state index in [1.165, 1.54) is 7.11 Å². The van der Waals surface area contributed by atoms with Gasteiger partial charge in [0.2, 0.25) is 0 Å². The van der Waals surface area contributed by atoms with E-state index in [-0.39, 0.29) is 6.61 Å². The fraction of sp³-hybridized carbons (Fsp3) is 1.00. The summed E-state index contributed by atoms with van der Waals surface area (Å²) < 4.78 is 9.52. The Kier molecular flexibility index (Phi) is 2.80. The minimum Gasteiger partial charge on any atom is -0.388 e. The Labute approximate surface area is 64.2 Å². The summed E-state index contributed by atoms with van der Waals surface area (Å²) in [5, 5.41) is 27.2. The Hall–Kier alpha value is -0.200. The first-order valence-corrected chi connectivity index (χ1v) is 3.35. The average Bonchev–Trinajstić information content (AvgIpc) is 2.01. The van der Waals surface area contributed by atoms with Gasteiger partial charge >= 0.3 is 0 Å². The lowest BCUT2D eigenvalue weighted by molar-refractivity contribution is -0.261. The van der Waals surface area contributed by atoms with Crippen molar-refractivity contribution in [3.05, 3.63) is 0 Å². The molecule has 1 fully saturated rings. The molecule has 0 spiro atoms. The molecule has 1 aliphatic rings. The van der Waals surface area contributed by atoms with E-state index < -0.39 is 24.6 Å². The summed E-state index contributed by atoms with van der Waals surface area (Å²) >= 11 is 0. The molecular weight excluding hydrogens is 152 g/mol. The van der Waals surface area contributed by atoms with Crippen LogP contribution in [0.4, 0.5) is 0 Å². The Morgan fingerprint density at radius 3 is 2.45 bits per heavy atom. The van der Waals surface area contributed by atoms with E-state index in [2.05, 4.69) is 4.74 Å². The summed E-state index contributed by atoms with van der Waals surface area (Å²) in [7, 11) is 1.36. The zero-order valence-electron chi connectivity index (χ0n) is 6.17. The fourth-order valence-corrected chi connectivity index (χ4v) is 0.987. The number of methoxy groups -OCH3 is 1. The SMILES string of the molecule is CO[C@H]1OC[C@@H](O)C(O)C1O. The molecule has 1 rings (SSSR count). The van der Waals surface area contributed by atoms with Crippen LogP contribution in [-0.4, -0.2) is 53.6 Å². The van der Waals surface area contributed by atoms with Gasteiger partial charge in [0.1, 0.15) is 18.3 Å². The minimum absolute atomic E-state index is 0.0171. The van der Waals surface area contributed by atoms with Gasteiger partial charge in [-0.15, -0.1) is 0 Å². The Morgan fingerprint density at radius 1 is 1.27 bits per heavy atom. The van der Waals surface area contributed by atoms with Crippen LogP contribution in [-0.2, 0) is 9.47 Å². The second kappa shape index (κ2) is 3.46. The van der Waals surface area contributed by atoms with E-state index in [9.17, 15) is 0 Å². The Balaban J connectivity index is 2.52. The van der Waals surface area contributed by atoms with Crippen molar-refractivity contribution in [1.82, 2.24) is 0 Å². The summed E-state index contributed by atoms with van der Waals surface area (Å²) in [6, 6.07) is 0. The standard InChI is InChI=1S/C6H12O5/c1-10-6-5(9)4(8)3(7)2-11-6/h3-9H,2H2,1H3/t3-,4?,5?,6+/m1/s1. The van der Waals surface area contributed by atoms with Gasteiger partial charge in [0.15, 0.2) is 6.29 Å². The number of aliphatic hydroxyl groups is 3. The predicted octanol–water partition coefficient (Wildman–Crippen LogP) is -1.93. The highest BCUT2D eigenvalue weighted by molar-refractivity contribution is 4.81. The van der Waals surface area contributed by atoms with Crippen molar-refractivity contribution in [1.29, 1.82) is 0 Å². The van der Waals surface area contributed by atoms with Gasteiger partial charge in [-0.2, -0.15) is 0 Å². The van der Waals surface area contributed by atoms with Gasteiger partial charge in [0.25, 0.3) is 0 Å². The third kappa shape index (κ3) is 1.69. The molecule has 1 aliphatic heterocycles. The van der Waals surface area contributed by atoms with E-state index in [4.69, 9.17) is 20.1 Å². The van der Waals surface area contributed by atoms with Crippen molar-refractivity contribution < 1.29 is 24.8 Å². The lowest BCUT2D eigenvalue weighted by Gasteiger charge is -2.33. The number of ether oxygens (including phenoxy) is 2. The van der Waals surface area contributed by atoms with E-state index in [0.717, 1.165) is 0 Å². The van der Waals surface area contributed by atoms with Gasteiger partial charge < -0.3 is 24.8 Å². The van der Waals surface area contributed by atoms with E-state index in [1.807, 2.05) is 0 Å². The lowest BCUT2D eigenvalue weighted by atomic mass is 10.1. The maximum atomic E-state index is 9.15. The van der Waals surface area contributed by atoms with Crippen LogP contribution in [0.25, 0.3) is 0 Å². The van der Waals surface area contributed by atoms with E-state index in [0.29, 0.717) is 0 Å². The molecule has 0 saturated carbocycles. The average molecular weight is 164 g/mol. The maximum absolute atomic E-state index is 9.15. The van der Waals surface area contributed by atoms with Gasteiger partial charge in [-0.25, -0.2) is 0 Å². The first-order chi connectivity index (χ1) is 5.16. The summed E-state index contributed by atoms with van der Waals surface area (Å²) in [6.07, 6.45) is -4.23. The number of hydrogen-bond donors (Lipinski definition) is 3. The lowest BCUT2D eigenvalue weighted by Crippen LogP contribution is -2.53. The second-order valence-electron chi connectivity index (χ2n) is 2.49. The molecule has 0 aromatic rings. The first kappa shape index (κ1) is 8.89. The molecule has 2 unspecified atom stereocenters. The van der Waals surface area contributed by atoms with Crippen molar-refractivity contribution in [2.24, 2.45) is 0 Å². The number of aliphatic hydroxyl groups excluding tert-OH is 3. The maximum Gasteiger partial charge on any atom is 0.185 e. The van der Waals surface area contributed by atoms with Crippen LogP contribution < -0.4 is 0 Å². The van der Waals surface area contributed by atoms with Crippen molar-refractivity contribution in [2.75, 3.05) is 13.7 Å². The van der Waals surface area contributed by atoms with E-state index >= 15 is 0 Å². The zero-order valence-corrected chi connectivity index (χ0v) is 6.17. The molecule has 1 heterocycles. The Bertz CT molecular complexity index is 126. The molecule has 0 aromatic heterocycles.